The van der Waals surface area contributed by atoms with E-state index >= 15 is 0 Å². The van der Waals surface area contributed by atoms with Crippen molar-refractivity contribution in [1.82, 2.24) is 9.97 Å². The number of para-hydroxylation sites is 2. The molecule has 22 heavy (non-hydrogen) atoms. The molecular formula is C19H16N2O. The number of benzene rings is 2. The van der Waals surface area contributed by atoms with Gasteiger partial charge in [0.05, 0.1) is 11.0 Å². The van der Waals surface area contributed by atoms with Crippen molar-refractivity contribution < 1.29 is 4.42 Å². The Labute approximate surface area is 128 Å². The van der Waals surface area contributed by atoms with Gasteiger partial charge in [-0.3, -0.25) is 0 Å². The van der Waals surface area contributed by atoms with Crippen molar-refractivity contribution in [3.8, 4) is 11.3 Å². The Hall–Kier alpha value is -2.68. The summed E-state index contributed by atoms with van der Waals surface area (Å²) < 4.78 is 6.07. The molecule has 0 amide bonds. The molecule has 3 nitrogen and oxygen atoms in total. The molecule has 0 N–H and O–H groups in total. The first-order valence-corrected chi connectivity index (χ1v) is 7.60. The number of nitrogens with zero attached hydrogens (tertiary/aromatic N) is 2. The SMILES string of the molecule is CCCc1c(-c2ccccc2)oc2nc3ccccc3nc12. The number of hydrogen-bond donors (Lipinski definition) is 0. The third-order valence-electron chi connectivity index (χ3n) is 3.83. The van der Waals surface area contributed by atoms with Crippen LogP contribution in [0.4, 0.5) is 0 Å². The third-order valence-corrected chi connectivity index (χ3v) is 3.83. The molecule has 0 radical (unpaired) electrons. The van der Waals surface area contributed by atoms with Gasteiger partial charge >= 0.3 is 0 Å². The maximum Gasteiger partial charge on any atom is 0.246 e. The fourth-order valence-corrected chi connectivity index (χ4v) is 2.82. The summed E-state index contributed by atoms with van der Waals surface area (Å²) in [4.78, 5) is 9.42. The average molecular weight is 288 g/mol. The van der Waals surface area contributed by atoms with Crippen molar-refractivity contribution in [3.05, 3.63) is 60.2 Å². The van der Waals surface area contributed by atoms with E-state index in [9.17, 15) is 0 Å². The van der Waals surface area contributed by atoms with E-state index in [1.165, 1.54) is 0 Å². The maximum absolute atomic E-state index is 6.07. The first-order valence-electron chi connectivity index (χ1n) is 7.60. The summed E-state index contributed by atoms with van der Waals surface area (Å²) in [5, 5.41) is 0. The van der Waals surface area contributed by atoms with E-state index in [2.05, 4.69) is 24.0 Å². The standard InChI is InChI=1S/C19H16N2O/c1-2-8-14-17-19(21-16-12-7-6-11-15(16)20-17)22-18(14)13-9-4-3-5-10-13/h3-7,9-12H,2,8H2,1H3. The quantitative estimate of drug-likeness (QED) is 0.532. The first-order chi connectivity index (χ1) is 10.9. The van der Waals surface area contributed by atoms with Gasteiger partial charge in [0.2, 0.25) is 5.71 Å². The average Bonchev–Trinajstić information content (AvgIpc) is 2.92. The fraction of sp³-hybridized carbons (Fsp3) is 0.158. The minimum Gasteiger partial charge on any atom is -0.436 e. The molecular weight excluding hydrogens is 272 g/mol. The Morgan fingerprint density at radius 2 is 1.55 bits per heavy atom. The summed E-state index contributed by atoms with van der Waals surface area (Å²) in [5.74, 6) is 0.896. The van der Waals surface area contributed by atoms with Crippen LogP contribution < -0.4 is 0 Å². The van der Waals surface area contributed by atoms with Gasteiger partial charge in [-0.2, -0.15) is 0 Å². The van der Waals surface area contributed by atoms with Crippen molar-refractivity contribution in [1.29, 1.82) is 0 Å². The Bertz CT molecular complexity index is 942. The molecule has 0 unspecified atom stereocenters. The molecule has 0 saturated carbocycles. The van der Waals surface area contributed by atoms with Crippen molar-refractivity contribution in [2.45, 2.75) is 19.8 Å². The van der Waals surface area contributed by atoms with Gasteiger partial charge in [0, 0.05) is 11.1 Å². The summed E-state index contributed by atoms with van der Waals surface area (Å²) in [6.07, 6.45) is 1.98. The Kier molecular flexibility index (Phi) is 3.11. The molecule has 4 aromatic rings. The highest BCUT2D eigenvalue weighted by molar-refractivity contribution is 5.89. The highest BCUT2D eigenvalue weighted by Crippen LogP contribution is 2.33. The molecule has 0 bridgehead atoms. The summed E-state index contributed by atoms with van der Waals surface area (Å²) in [6.45, 7) is 2.17. The zero-order valence-corrected chi connectivity index (χ0v) is 12.4. The number of aryl methyl sites for hydroxylation is 1. The third kappa shape index (κ3) is 2.06. The van der Waals surface area contributed by atoms with Gasteiger partial charge in [0.25, 0.3) is 0 Å². The second kappa shape index (κ2) is 5.26. The van der Waals surface area contributed by atoms with Gasteiger partial charge < -0.3 is 4.42 Å². The van der Waals surface area contributed by atoms with Crippen LogP contribution in [-0.2, 0) is 6.42 Å². The number of aromatic nitrogens is 2. The lowest BCUT2D eigenvalue weighted by molar-refractivity contribution is 0.614. The smallest absolute Gasteiger partial charge is 0.246 e. The minimum atomic E-state index is 0.626. The van der Waals surface area contributed by atoms with Crippen LogP contribution in [0.2, 0.25) is 0 Å². The van der Waals surface area contributed by atoms with Gasteiger partial charge in [0.15, 0.2) is 0 Å². The highest BCUT2D eigenvalue weighted by atomic mass is 16.3. The van der Waals surface area contributed by atoms with Crippen LogP contribution in [0.3, 0.4) is 0 Å². The van der Waals surface area contributed by atoms with Crippen LogP contribution in [0.15, 0.2) is 59.0 Å². The molecule has 4 rings (SSSR count). The van der Waals surface area contributed by atoms with Crippen LogP contribution in [0, 0.1) is 0 Å². The van der Waals surface area contributed by atoms with E-state index in [4.69, 9.17) is 9.40 Å². The second-order valence-corrected chi connectivity index (χ2v) is 5.39. The van der Waals surface area contributed by atoms with Gasteiger partial charge in [-0.05, 0) is 18.6 Å². The minimum absolute atomic E-state index is 0.626. The second-order valence-electron chi connectivity index (χ2n) is 5.39. The molecule has 108 valence electrons. The van der Waals surface area contributed by atoms with Gasteiger partial charge in [0.1, 0.15) is 11.3 Å². The van der Waals surface area contributed by atoms with E-state index in [0.29, 0.717) is 5.71 Å². The molecule has 0 spiro atoms. The van der Waals surface area contributed by atoms with Crippen molar-refractivity contribution in [2.75, 3.05) is 0 Å². The lowest BCUT2D eigenvalue weighted by Gasteiger charge is -2.01. The predicted molar refractivity (Wildman–Crippen MR) is 88.7 cm³/mol. The lowest BCUT2D eigenvalue weighted by Crippen LogP contribution is -1.89. The molecule has 0 saturated heterocycles. The maximum atomic E-state index is 6.07. The van der Waals surface area contributed by atoms with E-state index in [1.807, 2.05) is 42.5 Å². The normalized spacial score (nSPS) is 11.3. The Balaban J connectivity index is 2.04. The van der Waals surface area contributed by atoms with Crippen LogP contribution in [0.25, 0.3) is 33.6 Å². The number of rotatable bonds is 3. The van der Waals surface area contributed by atoms with E-state index in [-0.39, 0.29) is 0 Å². The van der Waals surface area contributed by atoms with E-state index < -0.39 is 0 Å². The summed E-state index contributed by atoms with van der Waals surface area (Å²) in [5.41, 5.74) is 5.52. The molecule has 0 aliphatic heterocycles. The molecule has 2 heterocycles. The highest BCUT2D eigenvalue weighted by Gasteiger charge is 2.18. The summed E-state index contributed by atoms with van der Waals surface area (Å²) >= 11 is 0. The molecule has 2 aromatic carbocycles. The van der Waals surface area contributed by atoms with Crippen molar-refractivity contribution in [2.24, 2.45) is 0 Å². The van der Waals surface area contributed by atoms with E-state index in [1.54, 1.807) is 0 Å². The zero-order chi connectivity index (χ0) is 14.9. The summed E-state index contributed by atoms with van der Waals surface area (Å²) in [6, 6.07) is 18.1. The van der Waals surface area contributed by atoms with Crippen molar-refractivity contribution in [3.63, 3.8) is 0 Å². The van der Waals surface area contributed by atoms with E-state index in [0.717, 1.165) is 46.3 Å². The van der Waals surface area contributed by atoms with Crippen LogP contribution in [0.1, 0.15) is 18.9 Å². The molecule has 0 atom stereocenters. The summed E-state index contributed by atoms with van der Waals surface area (Å²) in [7, 11) is 0. The monoisotopic (exact) mass is 288 g/mol. The van der Waals surface area contributed by atoms with Crippen molar-refractivity contribution >= 4 is 22.3 Å². The molecule has 0 fully saturated rings. The Morgan fingerprint density at radius 3 is 2.27 bits per heavy atom. The lowest BCUT2D eigenvalue weighted by atomic mass is 10.0. The largest absolute Gasteiger partial charge is 0.436 e. The van der Waals surface area contributed by atoms with Crippen LogP contribution >= 0.6 is 0 Å². The first kappa shape index (κ1) is 13.0. The number of hydrogen-bond acceptors (Lipinski definition) is 3. The van der Waals surface area contributed by atoms with Crippen LogP contribution in [-0.4, -0.2) is 9.97 Å². The van der Waals surface area contributed by atoms with Gasteiger partial charge in [-0.1, -0.05) is 55.8 Å². The van der Waals surface area contributed by atoms with Gasteiger partial charge in [-0.15, -0.1) is 0 Å². The predicted octanol–water partition coefficient (Wildman–Crippen LogP) is 5.00. The fourth-order valence-electron chi connectivity index (χ4n) is 2.82. The topological polar surface area (TPSA) is 38.9 Å². The van der Waals surface area contributed by atoms with Crippen LogP contribution in [0.5, 0.6) is 0 Å². The van der Waals surface area contributed by atoms with Gasteiger partial charge in [-0.25, -0.2) is 9.97 Å². The Morgan fingerprint density at radius 1 is 0.864 bits per heavy atom. The molecule has 3 heteroatoms. The molecule has 0 aliphatic rings. The molecule has 0 aliphatic carbocycles. The zero-order valence-electron chi connectivity index (χ0n) is 12.4. The number of fused-ring (bicyclic) bond motifs is 2. The molecule has 2 aromatic heterocycles. The number of furan rings is 1.